The molecule has 0 radical (unpaired) electrons. The Morgan fingerprint density at radius 1 is 0.879 bits per heavy atom. The highest BCUT2D eigenvalue weighted by molar-refractivity contribution is 7.92. The molecule has 0 amide bonds. The molecule has 0 N–H and O–H groups in total. The maximum atomic E-state index is 13.7. The molecule has 33 heavy (non-hydrogen) atoms. The number of hydrogen-bond acceptors (Lipinski definition) is 3. The molecule has 0 aromatic heterocycles. The molecule has 0 unspecified atom stereocenters. The molecule has 3 aromatic rings. The summed E-state index contributed by atoms with van der Waals surface area (Å²) < 4.78 is 29.1. The minimum absolute atomic E-state index is 0.0932. The number of sulfonamides is 1. The molecule has 1 fully saturated rings. The van der Waals surface area contributed by atoms with Gasteiger partial charge in [-0.3, -0.25) is 9.21 Å². The second-order valence-corrected chi connectivity index (χ2v) is 11.3. The van der Waals surface area contributed by atoms with E-state index in [-0.39, 0.29) is 10.9 Å². The molecule has 0 aliphatic carbocycles. The van der Waals surface area contributed by atoms with Gasteiger partial charge in [0, 0.05) is 30.7 Å². The summed E-state index contributed by atoms with van der Waals surface area (Å²) in [5.74, 6) is 0. The summed E-state index contributed by atoms with van der Waals surface area (Å²) in [6.07, 6.45) is 1.57. The van der Waals surface area contributed by atoms with Crippen LogP contribution in [0.2, 0.25) is 5.02 Å². The third-order valence-electron chi connectivity index (χ3n) is 6.53. The molecule has 3 aromatic carbocycles. The third kappa shape index (κ3) is 5.43. The topological polar surface area (TPSA) is 40.6 Å². The summed E-state index contributed by atoms with van der Waals surface area (Å²) in [5, 5.41) is 0.524. The van der Waals surface area contributed by atoms with E-state index in [1.807, 2.05) is 31.2 Å². The van der Waals surface area contributed by atoms with Gasteiger partial charge in [0.15, 0.2) is 0 Å². The van der Waals surface area contributed by atoms with Gasteiger partial charge in [0.05, 0.1) is 10.6 Å². The summed E-state index contributed by atoms with van der Waals surface area (Å²) >= 11 is 6.01. The van der Waals surface area contributed by atoms with Crippen molar-refractivity contribution in [2.45, 2.75) is 51.1 Å². The van der Waals surface area contributed by atoms with Crippen LogP contribution in [0.5, 0.6) is 0 Å². The van der Waals surface area contributed by atoms with E-state index < -0.39 is 10.0 Å². The van der Waals surface area contributed by atoms with Crippen molar-refractivity contribution >= 4 is 27.3 Å². The molecule has 1 aliphatic rings. The first-order chi connectivity index (χ1) is 15.7. The van der Waals surface area contributed by atoms with Gasteiger partial charge < -0.3 is 0 Å². The summed E-state index contributed by atoms with van der Waals surface area (Å²) in [7, 11) is -3.71. The molecular formula is C27H31ClN2O2S. The first kappa shape index (κ1) is 23.8. The molecule has 1 saturated heterocycles. The molecule has 6 heteroatoms. The fraction of sp³-hybridized carbons (Fsp3) is 0.333. The molecule has 1 aliphatic heterocycles. The fourth-order valence-corrected chi connectivity index (χ4v) is 6.27. The number of hydrogen-bond donors (Lipinski definition) is 0. The molecule has 0 spiro atoms. The van der Waals surface area contributed by atoms with Crippen molar-refractivity contribution in [2.24, 2.45) is 0 Å². The van der Waals surface area contributed by atoms with Crippen LogP contribution in [0.15, 0.2) is 71.6 Å². The number of anilines is 1. The van der Waals surface area contributed by atoms with Crippen molar-refractivity contribution in [3.8, 4) is 0 Å². The number of rotatable bonds is 6. The Bertz CT molecular complexity index is 1200. The lowest BCUT2D eigenvalue weighted by Gasteiger charge is -2.39. The van der Waals surface area contributed by atoms with Crippen LogP contribution in [0.1, 0.15) is 35.1 Å². The highest BCUT2D eigenvalue weighted by atomic mass is 35.5. The van der Waals surface area contributed by atoms with Gasteiger partial charge in [-0.1, -0.05) is 47.5 Å². The van der Waals surface area contributed by atoms with E-state index in [9.17, 15) is 8.42 Å². The first-order valence-corrected chi connectivity index (χ1v) is 13.2. The minimum Gasteiger partial charge on any atom is -0.299 e. The maximum absolute atomic E-state index is 13.7. The van der Waals surface area contributed by atoms with Gasteiger partial charge in [0.1, 0.15) is 0 Å². The zero-order valence-electron chi connectivity index (χ0n) is 19.5. The number of piperidine rings is 1. The normalized spacial score (nSPS) is 15.5. The molecular weight excluding hydrogens is 452 g/mol. The Hall–Kier alpha value is -2.34. The predicted molar refractivity (Wildman–Crippen MR) is 137 cm³/mol. The van der Waals surface area contributed by atoms with E-state index in [1.165, 1.54) is 16.7 Å². The van der Waals surface area contributed by atoms with Gasteiger partial charge in [-0.25, -0.2) is 8.42 Å². The second kappa shape index (κ2) is 9.88. The first-order valence-electron chi connectivity index (χ1n) is 11.4. The van der Waals surface area contributed by atoms with Crippen LogP contribution >= 0.6 is 11.6 Å². The molecule has 174 valence electrons. The summed E-state index contributed by atoms with van der Waals surface area (Å²) in [6.45, 7) is 8.89. The molecule has 0 saturated carbocycles. The number of nitrogens with zero attached hydrogens (tertiary/aromatic N) is 2. The van der Waals surface area contributed by atoms with E-state index in [0.29, 0.717) is 10.7 Å². The van der Waals surface area contributed by atoms with Crippen molar-refractivity contribution < 1.29 is 8.42 Å². The van der Waals surface area contributed by atoms with E-state index in [2.05, 4.69) is 36.9 Å². The largest absolute Gasteiger partial charge is 0.299 e. The van der Waals surface area contributed by atoms with E-state index in [1.54, 1.807) is 28.6 Å². The average Bonchev–Trinajstić information content (AvgIpc) is 2.79. The predicted octanol–water partition coefficient (Wildman–Crippen LogP) is 6.13. The lowest BCUT2D eigenvalue weighted by molar-refractivity contribution is 0.206. The molecule has 4 rings (SSSR count). The third-order valence-corrected chi connectivity index (χ3v) is 8.67. The highest BCUT2D eigenvalue weighted by Crippen LogP contribution is 2.31. The highest BCUT2D eigenvalue weighted by Gasteiger charge is 2.34. The van der Waals surface area contributed by atoms with Crippen LogP contribution in [-0.2, 0) is 16.6 Å². The number of benzene rings is 3. The van der Waals surface area contributed by atoms with Crippen molar-refractivity contribution in [2.75, 3.05) is 17.4 Å². The van der Waals surface area contributed by atoms with Crippen LogP contribution in [-0.4, -0.2) is 32.4 Å². The van der Waals surface area contributed by atoms with E-state index in [0.717, 1.165) is 38.0 Å². The maximum Gasteiger partial charge on any atom is 0.264 e. The van der Waals surface area contributed by atoms with Gasteiger partial charge >= 0.3 is 0 Å². The number of aryl methyl sites for hydroxylation is 3. The lowest BCUT2D eigenvalue weighted by Crippen LogP contribution is -2.47. The Balaban J connectivity index is 1.56. The zero-order chi connectivity index (χ0) is 23.6. The Kier molecular flexibility index (Phi) is 7.13. The summed E-state index contributed by atoms with van der Waals surface area (Å²) in [6, 6.07) is 20.7. The Morgan fingerprint density at radius 2 is 1.52 bits per heavy atom. The standard InChI is InChI=1S/C27H31ClN2O2S/c1-20-4-10-25(11-5-20)30(33(31,32)27-12-8-24(28)9-13-27)26-14-16-29(17-15-26)19-23-7-6-21(2)22(3)18-23/h4-13,18,26H,14-17,19H2,1-3H3. The van der Waals surface area contributed by atoms with E-state index >= 15 is 0 Å². The van der Waals surface area contributed by atoms with Crippen molar-refractivity contribution in [1.29, 1.82) is 0 Å². The Labute approximate surface area is 202 Å². The monoisotopic (exact) mass is 482 g/mol. The van der Waals surface area contributed by atoms with Crippen LogP contribution in [0.4, 0.5) is 5.69 Å². The fourth-order valence-electron chi connectivity index (χ4n) is 4.43. The van der Waals surface area contributed by atoms with Crippen molar-refractivity contribution in [1.82, 2.24) is 4.90 Å². The van der Waals surface area contributed by atoms with Crippen LogP contribution in [0.25, 0.3) is 0 Å². The average molecular weight is 483 g/mol. The van der Waals surface area contributed by atoms with Crippen molar-refractivity contribution in [3.05, 3.63) is 94.0 Å². The number of halogens is 1. The van der Waals surface area contributed by atoms with Crippen LogP contribution in [0, 0.1) is 20.8 Å². The summed E-state index contributed by atoms with van der Waals surface area (Å²) in [5.41, 5.74) is 5.73. The molecule has 4 nitrogen and oxygen atoms in total. The van der Waals surface area contributed by atoms with Crippen LogP contribution < -0.4 is 4.31 Å². The SMILES string of the molecule is Cc1ccc(N(C2CCN(Cc3ccc(C)c(C)c3)CC2)S(=O)(=O)c2ccc(Cl)cc2)cc1. The second-order valence-electron chi connectivity index (χ2n) is 9.02. The molecule has 1 heterocycles. The Morgan fingerprint density at radius 3 is 2.12 bits per heavy atom. The zero-order valence-corrected chi connectivity index (χ0v) is 21.0. The van der Waals surface area contributed by atoms with Gasteiger partial charge in [0.25, 0.3) is 10.0 Å². The quantitative estimate of drug-likeness (QED) is 0.424. The lowest BCUT2D eigenvalue weighted by atomic mass is 10.0. The summed E-state index contributed by atoms with van der Waals surface area (Å²) in [4.78, 5) is 2.69. The smallest absolute Gasteiger partial charge is 0.264 e. The number of likely N-dealkylation sites (tertiary alicyclic amines) is 1. The van der Waals surface area contributed by atoms with Gasteiger partial charge in [-0.05, 0) is 86.7 Å². The van der Waals surface area contributed by atoms with Crippen LogP contribution in [0.3, 0.4) is 0 Å². The minimum atomic E-state index is -3.71. The van der Waals surface area contributed by atoms with Gasteiger partial charge in [-0.2, -0.15) is 0 Å². The molecule has 0 atom stereocenters. The molecule has 0 bridgehead atoms. The van der Waals surface area contributed by atoms with Gasteiger partial charge in [0.2, 0.25) is 0 Å². The van der Waals surface area contributed by atoms with Gasteiger partial charge in [-0.15, -0.1) is 0 Å². The van der Waals surface area contributed by atoms with E-state index in [4.69, 9.17) is 11.6 Å². The van der Waals surface area contributed by atoms with Crippen molar-refractivity contribution in [3.63, 3.8) is 0 Å².